The number of alkyl halides is 1. The summed E-state index contributed by atoms with van der Waals surface area (Å²) in [6.07, 6.45) is 0. The Morgan fingerprint density at radius 1 is 1.22 bits per heavy atom. The fourth-order valence-electron chi connectivity index (χ4n) is 1.57. The SMILES string of the molecule is Cc1cc(Oc2cccc(F)c2CBr)ccc1Br. The Hall–Kier alpha value is -0.870. The molecule has 0 saturated carbocycles. The van der Waals surface area contributed by atoms with Gasteiger partial charge in [0.2, 0.25) is 0 Å². The van der Waals surface area contributed by atoms with Crippen LogP contribution in [-0.2, 0) is 5.33 Å². The Kier molecular flexibility index (Phi) is 4.40. The van der Waals surface area contributed by atoms with Gasteiger partial charge in [0.25, 0.3) is 0 Å². The van der Waals surface area contributed by atoms with Crippen molar-refractivity contribution in [3.63, 3.8) is 0 Å². The second-order valence-electron chi connectivity index (χ2n) is 3.86. The summed E-state index contributed by atoms with van der Waals surface area (Å²) in [5, 5.41) is 0.421. The van der Waals surface area contributed by atoms with Crippen LogP contribution in [0.5, 0.6) is 11.5 Å². The number of halogens is 3. The Balaban J connectivity index is 2.34. The largest absolute Gasteiger partial charge is 0.457 e. The van der Waals surface area contributed by atoms with Crippen molar-refractivity contribution < 1.29 is 9.13 Å². The zero-order valence-electron chi connectivity index (χ0n) is 9.71. The van der Waals surface area contributed by atoms with Crippen molar-refractivity contribution in [2.45, 2.75) is 12.3 Å². The molecule has 94 valence electrons. The fourth-order valence-corrected chi connectivity index (χ4v) is 2.36. The summed E-state index contributed by atoms with van der Waals surface area (Å²) in [5.74, 6) is 0.968. The third-order valence-corrected chi connectivity index (χ3v) is 4.02. The fraction of sp³-hybridized carbons (Fsp3) is 0.143. The van der Waals surface area contributed by atoms with Crippen LogP contribution in [0.2, 0.25) is 0 Å². The van der Waals surface area contributed by atoms with E-state index in [9.17, 15) is 4.39 Å². The van der Waals surface area contributed by atoms with Crippen LogP contribution < -0.4 is 4.74 Å². The lowest BCUT2D eigenvalue weighted by Gasteiger charge is -2.11. The zero-order valence-corrected chi connectivity index (χ0v) is 12.9. The molecule has 4 heteroatoms. The van der Waals surface area contributed by atoms with Crippen molar-refractivity contribution in [3.05, 3.63) is 57.8 Å². The summed E-state index contributed by atoms with van der Waals surface area (Å²) in [5.41, 5.74) is 1.60. The van der Waals surface area contributed by atoms with Crippen LogP contribution in [0.25, 0.3) is 0 Å². The Bertz CT molecular complexity index is 570. The van der Waals surface area contributed by atoms with Gasteiger partial charge in [-0.2, -0.15) is 0 Å². The van der Waals surface area contributed by atoms with E-state index in [0.717, 1.165) is 10.0 Å². The van der Waals surface area contributed by atoms with Gasteiger partial charge in [-0.05, 0) is 42.8 Å². The molecule has 0 fully saturated rings. The van der Waals surface area contributed by atoms with E-state index in [1.165, 1.54) is 6.07 Å². The lowest BCUT2D eigenvalue weighted by atomic mass is 10.2. The molecular formula is C14H11Br2FO. The predicted molar refractivity (Wildman–Crippen MR) is 78.0 cm³/mol. The lowest BCUT2D eigenvalue weighted by molar-refractivity contribution is 0.470. The molecule has 0 aliphatic heterocycles. The summed E-state index contributed by atoms with van der Waals surface area (Å²) in [4.78, 5) is 0. The molecular weight excluding hydrogens is 363 g/mol. The molecule has 0 saturated heterocycles. The maximum absolute atomic E-state index is 13.6. The van der Waals surface area contributed by atoms with Gasteiger partial charge < -0.3 is 4.74 Å². The first-order valence-electron chi connectivity index (χ1n) is 5.39. The molecule has 0 heterocycles. The number of hydrogen-bond donors (Lipinski definition) is 0. The van der Waals surface area contributed by atoms with Crippen molar-refractivity contribution in [2.24, 2.45) is 0 Å². The standard InChI is InChI=1S/C14H11Br2FO/c1-9-7-10(5-6-12(9)16)18-14-4-2-3-13(17)11(14)8-15/h2-7H,8H2,1H3. The van der Waals surface area contributed by atoms with Crippen molar-refractivity contribution in [1.82, 2.24) is 0 Å². The second kappa shape index (κ2) is 5.85. The highest BCUT2D eigenvalue weighted by Gasteiger charge is 2.09. The van der Waals surface area contributed by atoms with Crippen LogP contribution in [0.3, 0.4) is 0 Å². The minimum Gasteiger partial charge on any atom is -0.457 e. The highest BCUT2D eigenvalue weighted by Crippen LogP contribution is 2.30. The van der Waals surface area contributed by atoms with Crippen LogP contribution in [0.15, 0.2) is 40.9 Å². The van der Waals surface area contributed by atoms with Gasteiger partial charge in [-0.3, -0.25) is 0 Å². The molecule has 0 aromatic heterocycles. The number of benzene rings is 2. The van der Waals surface area contributed by atoms with Gasteiger partial charge in [-0.15, -0.1) is 0 Å². The average Bonchev–Trinajstić information content (AvgIpc) is 2.34. The predicted octanol–water partition coefficient (Wildman–Crippen LogP) is 5.58. The molecule has 0 radical (unpaired) electrons. The van der Waals surface area contributed by atoms with E-state index >= 15 is 0 Å². The number of rotatable bonds is 3. The molecule has 0 unspecified atom stereocenters. The first-order valence-corrected chi connectivity index (χ1v) is 7.30. The molecule has 2 aromatic rings. The molecule has 0 aliphatic rings. The lowest BCUT2D eigenvalue weighted by Crippen LogP contribution is -1.93. The minimum absolute atomic E-state index is 0.266. The molecule has 2 rings (SSSR count). The maximum atomic E-state index is 13.6. The van der Waals surface area contributed by atoms with Gasteiger partial charge in [0.05, 0.1) is 0 Å². The van der Waals surface area contributed by atoms with E-state index in [4.69, 9.17) is 4.74 Å². The van der Waals surface area contributed by atoms with E-state index in [0.29, 0.717) is 22.4 Å². The van der Waals surface area contributed by atoms with E-state index in [-0.39, 0.29) is 5.82 Å². The second-order valence-corrected chi connectivity index (χ2v) is 5.28. The monoisotopic (exact) mass is 372 g/mol. The van der Waals surface area contributed by atoms with Crippen molar-refractivity contribution >= 4 is 31.9 Å². The van der Waals surface area contributed by atoms with E-state index in [1.54, 1.807) is 12.1 Å². The van der Waals surface area contributed by atoms with Crippen LogP contribution in [0.4, 0.5) is 4.39 Å². The van der Waals surface area contributed by atoms with Crippen LogP contribution in [0.1, 0.15) is 11.1 Å². The topological polar surface area (TPSA) is 9.23 Å². The van der Waals surface area contributed by atoms with Crippen LogP contribution >= 0.6 is 31.9 Å². The molecule has 0 atom stereocenters. The summed E-state index contributed by atoms with van der Waals surface area (Å²) >= 11 is 6.70. The number of aryl methyl sites for hydroxylation is 1. The maximum Gasteiger partial charge on any atom is 0.134 e. The van der Waals surface area contributed by atoms with E-state index in [1.807, 2.05) is 25.1 Å². The van der Waals surface area contributed by atoms with Gasteiger partial charge in [-0.1, -0.05) is 37.9 Å². The summed E-state index contributed by atoms with van der Waals surface area (Å²) in [6.45, 7) is 1.98. The smallest absolute Gasteiger partial charge is 0.134 e. The third-order valence-electron chi connectivity index (χ3n) is 2.57. The quantitative estimate of drug-likeness (QED) is 0.637. The van der Waals surface area contributed by atoms with Gasteiger partial charge in [-0.25, -0.2) is 4.39 Å². The summed E-state index contributed by atoms with van der Waals surface area (Å²) in [6, 6.07) is 10.5. The summed E-state index contributed by atoms with van der Waals surface area (Å²) in [7, 11) is 0. The van der Waals surface area contributed by atoms with Gasteiger partial charge in [0.15, 0.2) is 0 Å². The first-order chi connectivity index (χ1) is 8.61. The Morgan fingerprint density at radius 2 is 2.00 bits per heavy atom. The molecule has 0 aliphatic carbocycles. The Labute approximate surface area is 122 Å². The Morgan fingerprint density at radius 3 is 2.67 bits per heavy atom. The van der Waals surface area contributed by atoms with Crippen molar-refractivity contribution in [1.29, 1.82) is 0 Å². The number of hydrogen-bond acceptors (Lipinski definition) is 1. The molecule has 0 N–H and O–H groups in total. The minimum atomic E-state index is -0.266. The molecule has 0 spiro atoms. The molecule has 1 nitrogen and oxygen atoms in total. The molecule has 18 heavy (non-hydrogen) atoms. The van der Waals surface area contributed by atoms with E-state index in [2.05, 4.69) is 31.9 Å². The molecule has 2 aromatic carbocycles. The third kappa shape index (κ3) is 2.93. The highest BCUT2D eigenvalue weighted by atomic mass is 79.9. The van der Waals surface area contributed by atoms with E-state index < -0.39 is 0 Å². The van der Waals surface area contributed by atoms with Crippen LogP contribution in [-0.4, -0.2) is 0 Å². The molecule has 0 amide bonds. The highest BCUT2D eigenvalue weighted by molar-refractivity contribution is 9.10. The summed E-state index contributed by atoms with van der Waals surface area (Å²) < 4.78 is 20.3. The molecule has 0 bridgehead atoms. The van der Waals surface area contributed by atoms with Crippen molar-refractivity contribution in [2.75, 3.05) is 0 Å². The van der Waals surface area contributed by atoms with Gasteiger partial charge in [0.1, 0.15) is 17.3 Å². The first kappa shape index (κ1) is 13.6. The average molecular weight is 374 g/mol. The van der Waals surface area contributed by atoms with Crippen LogP contribution in [0, 0.1) is 12.7 Å². The van der Waals surface area contributed by atoms with Gasteiger partial charge in [0, 0.05) is 15.4 Å². The van der Waals surface area contributed by atoms with Crippen molar-refractivity contribution in [3.8, 4) is 11.5 Å². The zero-order chi connectivity index (χ0) is 13.1. The number of ether oxygens (including phenoxy) is 1. The van der Waals surface area contributed by atoms with Gasteiger partial charge >= 0.3 is 0 Å². The normalized spacial score (nSPS) is 10.4.